The highest BCUT2D eigenvalue weighted by atomic mass is 32.2. The van der Waals surface area contributed by atoms with Crippen molar-refractivity contribution in [2.45, 2.75) is 51.2 Å². The first-order valence-electron chi connectivity index (χ1n) is 14.0. The van der Waals surface area contributed by atoms with E-state index in [0.717, 1.165) is 22.3 Å². The third-order valence-corrected chi connectivity index (χ3v) is 8.94. The molecule has 0 saturated heterocycles. The molecule has 0 aliphatic carbocycles. The molecule has 222 valence electrons. The van der Waals surface area contributed by atoms with E-state index in [1.807, 2.05) is 52.1 Å². The fourth-order valence-corrected chi connectivity index (χ4v) is 6.49. The van der Waals surface area contributed by atoms with E-state index < -0.39 is 15.6 Å². The molecule has 4 heterocycles. The molecule has 3 aromatic heterocycles. The number of pyridine rings is 1. The molecule has 11 heteroatoms. The van der Waals surface area contributed by atoms with Gasteiger partial charge in [0.25, 0.3) is 10.0 Å². The summed E-state index contributed by atoms with van der Waals surface area (Å²) in [5, 5.41) is 4.84. The summed E-state index contributed by atoms with van der Waals surface area (Å²) in [6.07, 6.45) is 6.96. The molecular formula is C32H33N5O5S. The standard InChI is InChI=1S/C32H33N5O5S/c1-21-6-10-26(11-7-21)43(39,40)37-20-27(24-17-34-35(5)18-24)29-28(12-14-33-30(29)37)41-25-9-8-22-13-15-36(19-23(22)16-25)31(38)42-32(2,3)4/h6-12,14,16-18,20H,13,15,19H2,1-5H3. The van der Waals surface area contributed by atoms with Crippen molar-refractivity contribution in [1.29, 1.82) is 0 Å². The average Bonchev–Trinajstić information content (AvgIpc) is 3.56. The van der Waals surface area contributed by atoms with Crippen LogP contribution in [0, 0.1) is 6.92 Å². The number of hydrogen-bond donors (Lipinski definition) is 0. The molecule has 1 aliphatic heterocycles. The lowest BCUT2D eigenvalue weighted by atomic mass is 10.00. The number of fused-ring (bicyclic) bond motifs is 2. The van der Waals surface area contributed by atoms with Crippen LogP contribution >= 0.6 is 0 Å². The van der Waals surface area contributed by atoms with Crippen molar-refractivity contribution >= 4 is 27.1 Å². The first-order chi connectivity index (χ1) is 20.4. The van der Waals surface area contributed by atoms with E-state index >= 15 is 0 Å². The topological polar surface area (TPSA) is 109 Å². The van der Waals surface area contributed by atoms with Gasteiger partial charge in [0, 0.05) is 49.9 Å². The van der Waals surface area contributed by atoms with Crippen LogP contribution in [-0.2, 0) is 34.8 Å². The van der Waals surface area contributed by atoms with Gasteiger partial charge in [-0.1, -0.05) is 23.8 Å². The van der Waals surface area contributed by atoms with Crippen LogP contribution in [0.5, 0.6) is 11.5 Å². The summed E-state index contributed by atoms with van der Waals surface area (Å²) < 4.78 is 42.5. The summed E-state index contributed by atoms with van der Waals surface area (Å²) in [6, 6.07) is 14.2. The van der Waals surface area contributed by atoms with E-state index in [2.05, 4.69) is 10.1 Å². The SMILES string of the molecule is Cc1ccc(S(=O)(=O)n2cc(-c3cnn(C)c3)c3c(Oc4ccc5c(c4)CN(C(=O)OC(C)(C)C)CC5)ccnc32)cc1. The number of ether oxygens (including phenoxy) is 2. The van der Waals surface area contributed by atoms with E-state index in [9.17, 15) is 13.2 Å². The minimum Gasteiger partial charge on any atom is -0.457 e. The Kier molecular flexibility index (Phi) is 7.00. The molecule has 0 unspecified atom stereocenters. The Hall–Kier alpha value is -4.64. The zero-order valence-corrected chi connectivity index (χ0v) is 25.6. The monoisotopic (exact) mass is 599 g/mol. The van der Waals surface area contributed by atoms with Crippen molar-refractivity contribution in [2.24, 2.45) is 7.05 Å². The summed E-state index contributed by atoms with van der Waals surface area (Å²) >= 11 is 0. The van der Waals surface area contributed by atoms with Crippen LogP contribution < -0.4 is 4.74 Å². The normalized spacial score (nSPS) is 13.7. The zero-order chi connectivity index (χ0) is 30.5. The van der Waals surface area contributed by atoms with E-state index in [-0.39, 0.29) is 16.6 Å². The van der Waals surface area contributed by atoms with Crippen molar-refractivity contribution in [1.82, 2.24) is 23.6 Å². The lowest BCUT2D eigenvalue weighted by Crippen LogP contribution is -2.39. The molecule has 0 N–H and O–H groups in total. The van der Waals surface area contributed by atoms with Crippen molar-refractivity contribution in [3.05, 3.63) is 90.0 Å². The van der Waals surface area contributed by atoms with Gasteiger partial charge in [-0.15, -0.1) is 0 Å². The summed E-state index contributed by atoms with van der Waals surface area (Å²) in [5.74, 6) is 1.00. The van der Waals surface area contributed by atoms with Gasteiger partial charge in [0.15, 0.2) is 5.65 Å². The average molecular weight is 600 g/mol. The summed E-state index contributed by atoms with van der Waals surface area (Å²) in [6.45, 7) is 8.43. The Labute approximate surface area is 250 Å². The van der Waals surface area contributed by atoms with Crippen LogP contribution in [-0.4, -0.2) is 50.3 Å². The fraction of sp³-hybridized carbons (Fsp3) is 0.281. The number of hydrogen-bond acceptors (Lipinski definition) is 7. The Morgan fingerprint density at radius 3 is 2.47 bits per heavy atom. The molecule has 5 aromatic rings. The number of aromatic nitrogens is 4. The van der Waals surface area contributed by atoms with Gasteiger partial charge in [-0.25, -0.2) is 22.2 Å². The number of nitrogens with zero attached hydrogens (tertiary/aromatic N) is 5. The molecule has 43 heavy (non-hydrogen) atoms. The molecule has 0 bridgehead atoms. The predicted molar refractivity (Wildman–Crippen MR) is 163 cm³/mol. The minimum absolute atomic E-state index is 0.157. The van der Waals surface area contributed by atoms with Crippen LogP contribution in [0.2, 0.25) is 0 Å². The van der Waals surface area contributed by atoms with Crippen molar-refractivity contribution in [3.8, 4) is 22.6 Å². The van der Waals surface area contributed by atoms with Gasteiger partial charge in [0.2, 0.25) is 0 Å². The number of carbonyl (C=O) groups excluding carboxylic acids is 1. The van der Waals surface area contributed by atoms with Gasteiger partial charge in [-0.3, -0.25) is 4.68 Å². The van der Waals surface area contributed by atoms with Gasteiger partial charge in [0.05, 0.1) is 16.5 Å². The third-order valence-electron chi connectivity index (χ3n) is 7.28. The van der Waals surface area contributed by atoms with Crippen molar-refractivity contribution < 1.29 is 22.7 Å². The number of rotatable bonds is 5. The summed E-state index contributed by atoms with van der Waals surface area (Å²) in [5.41, 5.74) is 4.07. The number of aryl methyl sites for hydroxylation is 2. The largest absolute Gasteiger partial charge is 0.457 e. The molecule has 1 amide bonds. The quantitative estimate of drug-likeness (QED) is 0.241. The molecule has 0 atom stereocenters. The molecule has 1 aliphatic rings. The second-order valence-corrected chi connectivity index (χ2v) is 13.6. The van der Waals surface area contributed by atoms with E-state index in [4.69, 9.17) is 9.47 Å². The molecule has 0 fully saturated rings. The van der Waals surface area contributed by atoms with Crippen LogP contribution in [0.25, 0.3) is 22.2 Å². The molecule has 0 saturated carbocycles. The van der Waals surface area contributed by atoms with Gasteiger partial charge < -0.3 is 14.4 Å². The van der Waals surface area contributed by atoms with Gasteiger partial charge in [-0.05, 0) is 75.6 Å². The first-order valence-corrected chi connectivity index (χ1v) is 15.4. The summed E-state index contributed by atoms with van der Waals surface area (Å²) in [7, 11) is -2.17. The van der Waals surface area contributed by atoms with Gasteiger partial charge in [0.1, 0.15) is 17.1 Å². The zero-order valence-electron chi connectivity index (χ0n) is 24.7. The summed E-state index contributed by atoms with van der Waals surface area (Å²) in [4.78, 5) is 19.1. The first kappa shape index (κ1) is 28.5. The van der Waals surface area contributed by atoms with Crippen LogP contribution in [0.15, 0.2) is 78.2 Å². The minimum atomic E-state index is -3.97. The Morgan fingerprint density at radius 2 is 1.77 bits per heavy atom. The van der Waals surface area contributed by atoms with Crippen LogP contribution in [0.4, 0.5) is 4.79 Å². The fourth-order valence-electron chi connectivity index (χ4n) is 5.17. The van der Waals surface area contributed by atoms with Gasteiger partial charge in [-0.2, -0.15) is 5.10 Å². The molecule has 6 rings (SSSR count). The highest BCUT2D eigenvalue weighted by Gasteiger charge is 2.28. The highest BCUT2D eigenvalue weighted by Crippen LogP contribution is 2.40. The molecular weight excluding hydrogens is 566 g/mol. The lowest BCUT2D eigenvalue weighted by molar-refractivity contribution is 0.0223. The maximum absolute atomic E-state index is 13.8. The lowest BCUT2D eigenvalue weighted by Gasteiger charge is -2.31. The maximum Gasteiger partial charge on any atom is 0.410 e. The number of amides is 1. The molecule has 0 spiro atoms. The second kappa shape index (κ2) is 10.6. The Morgan fingerprint density at radius 1 is 1.00 bits per heavy atom. The van der Waals surface area contributed by atoms with E-state index in [1.165, 1.54) is 10.2 Å². The molecule has 2 aromatic carbocycles. The third kappa shape index (κ3) is 5.60. The second-order valence-electron chi connectivity index (χ2n) is 11.8. The van der Waals surface area contributed by atoms with Crippen molar-refractivity contribution in [3.63, 3.8) is 0 Å². The Balaban J connectivity index is 1.41. The Bertz CT molecular complexity index is 1950. The van der Waals surface area contributed by atoms with E-state index in [1.54, 1.807) is 59.4 Å². The van der Waals surface area contributed by atoms with Gasteiger partial charge >= 0.3 is 6.09 Å². The number of benzene rings is 2. The number of carbonyl (C=O) groups is 1. The smallest absolute Gasteiger partial charge is 0.410 e. The predicted octanol–water partition coefficient (Wildman–Crippen LogP) is 6.07. The molecule has 0 radical (unpaired) electrons. The van der Waals surface area contributed by atoms with E-state index in [0.29, 0.717) is 42.0 Å². The van der Waals surface area contributed by atoms with Crippen molar-refractivity contribution in [2.75, 3.05) is 6.54 Å². The molecule has 10 nitrogen and oxygen atoms in total. The highest BCUT2D eigenvalue weighted by molar-refractivity contribution is 7.90. The maximum atomic E-state index is 13.8. The van der Waals surface area contributed by atoms with Crippen LogP contribution in [0.3, 0.4) is 0 Å². The van der Waals surface area contributed by atoms with Crippen LogP contribution in [0.1, 0.15) is 37.5 Å².